The molecule has 1 rings (SSSR count). The van der Waals surface area contributed by atoms with Crippen molar-refractivity contribution in [2.24, 2.45) is 0 Å². The summed E-state index contributed by atoms with van der Waals surface area (Å²) < 4.78 is 5.58. The Bertz CT molecular complexity index is 364. The van der Waals surface area contributed by atoms with Crippen molar-refractivity contribution in [3.63, 3.8) is 0 Å². The molecule has 0 aromatic heterocycles. The third kappa shape index (κ3) is 4.36. The van der Waals surface area contributed by atoms with Crippen LogP contribution in [0, 0.1) is 0 Å². The van der Waals surface area contributed by atoms with Crippen molar-refractivity contribution in [3.05, 3.63) is 28.8 Å². The molecule has 0 atom stereocenters. The van der Waals surface area contributed by atoms with Crippen LogP contribution in [0.5, 0.6) is 5.75 Å². The lowest BCUT2D eigenvalue weighted by molar-refractivity contribution is 0.112. The highest BCUT2D eigenvalue weighted by molar-refractivity contribution is 6.32. The Labute approximate surface area is 107 Å². The second-order valence-electron chi connectivity index (χ2n) is 3.68. The molecule has 0 N–H and O–H groups in total. The molecule has 0 aliphatic carbocycles. The number of carbonyl (C=O) groups excluding carboxylic acids is 1. The predicted octanol–water partition coefficient (Wildman–Crippen LogP) is 2.87. The van der Waals surface area contributed by atoms with Crippen LogP contribution in [0.3, 0.4) is 0 Å². The van der Waals surface area contributed by atoms with Crippen molar-refractivity contribution in [2.45, 2.75) is 13.8 Å². The van der Waals surface area contributed by atoms with E-state index in [4.69, 9.17) is 16.3 Å². The van der Waals surface area contributed by atoms with Crippen LogP contribution in [0.1, 0.15) is 24.2 Å². The fraction of sp³-hybridized carbons (Fsp3) is 0.462. The zero-order valence-electron chi connectivity index (χ0n) is 10.3. The summed E-state index contributed by atoms with van der Waals surface area (Å²) in [6, 6.07) is 5.04. The van der Waals surface area contributed by atoms with Gasteiger partial charge in [-0.05, 0) is 31.3 Å². The van der Waals surface area contributed by atoms with Crippen molar-refractivity contribution in [1.29, 1.82) is 0 Å². The van der Waals surface area contributed by atoms with Crippen LogP contribution in [0.15, 0.2) is 18.2 Å². The van der Waals surface area contributed by atoms with Crippen LogP contribution in [0.2, 0.25) is 5.02 Å². The van der Waals surface area contributed by atoms with Crippen LogP contribution in [-0.2, 0) is 0 Å². The van der Waals surface area contributed by atoms with E-state index >= 15 is 0 Å². The molecule has 0 unspecified atom stereocenters. The number of hydrogen-bond donors (Lipinski definition) is 0. The molecular weight excluding hydrogens is 238 g/mol. The van der Waals surface area contributed by atoms with Gasteiger partial charge in [-0.3, -0.25) is 4.79 Å². The first-order valence-corrected chi connectivity index (χ1v) is 6.19. The number of benzene rings is 1. The van der Waals surface area contributed by atoms with E-state index in [9.17, 15) is 4.79 Å². The average molecular weight is 256 g/mol. The normalized spacial score (nSPS) is 10.6. The van der Waals surface area contributed by atoms with Gasteiger partial charge in [-0.25, -0.2) is 0 Å². The third-order valence-electron chi connectivity index (χ3n) is 2.65. The average Bonchev–Trinajstić information content (AvgIpc) is 2.36. The summed E-state index contributed by atoms with van der Waals surface area (Å²) in [5, 5.41) is 0.481. The zero-order valence-corrected chi connectivity index (χ0v) is 11.0. The highest BCUT2D eigenvalue weighted by Gasteiger charge is 2.04. The molecule has 3 nitrogen and oxygen atoms in total. The standard InChI is InChI=1S/C13H18ClNO2/c1-3-15(4-2)7-8-17-13-6-5-11(10-16)9-12(13)14/h5-6,9-10H,3-4,7-8H2,1-2H3. The lowest BCUT2D eigenvalue weighted by Crippen LogP contribution is -2.27. The maximum Gasteiger partial charge on any atom is 0.150 e. The first-order valence-electron chi connectivity index (χ1n) is 5.81. The second-order valence-corrected chi connectivity index (χ2v) is 4.09. The fourth-order valence-electron chi connectivity index (χ4n) is 1.53. The molecule has 0 bridgehead atoms. The summed E-state index contributed by atoms with van der Waals surface area (Å²) in [5.41, 5.74) is 0.561. The summed E-state index contributed by atoms with van der Waals surface area (Å²) in [7, 11) is 0. The van der Waals surface area contributed by atoms with Crippen LogP contribution in [0.4, 0.5) is 0 Å². The Balaban J connectivity index is 2.49. The van der Waals surface area contributed by atoms with E-state index in [-0.39, 0.29) is 0 Å². The first-order chi connectivity index (χ1) is 8.21. The Morgan fingerprint density at radius 3 is 2.59 bits per heavy atom. The Kier molecular flexibility index (Phi) is 6.01. The van der Waals surface area contributed by atoms with Gasteiger partial charge in [0.15, 0.2) is 0 Å². The van der Waals surface area contributed by atoms with E-state index in [0.717, 1.165) is 25.9 Å². The lowest BCUT2D eigenvalue weighted by atomic mass is 10.2. The molecular formula is C13H18ClNO2. The molecule has 0 aliphatic heterocycles. The first kappa shape index (κ1) is 14.0. The van der Waals surface area contributed by atoms with Gasteiger partial charge in [0.1, 0.15) is 18.6 Å². The number of rotatable bonds is 7. The molecule has 0 amide bonds. The van der Waals surface area contributed by atoms with Crippen LogP contribution in [-0.4, -0.2) is 37.4 Å². The quantitative estimate of drug-likeness (QED) is 0.702. The summed E-state index contributed by atoms with van der Waals surface area (Å²) in [6.07, 6.45) is 0.769. The summed E-state index contributed by atoms with van der Waals surface area (Å²) in [6.45, 7) is 7.74. The molecule has 0 saturated carbocycles. The van der Waals surface area contributed by atoms with E-state index in [2.05, 4.69) is 18.7 Å². The van der Waals surface area contributed by atoms with Gasteiger partial charge >= 0.3 is 0 Å². The minimum absolute atomic E-state index is 0.481. The number of likely N-dealkylation sites (N-methyl/N-ethyl adjacent to an activating group) is 1. The molecule has 4 heteroatoms. The van der Waals surface area contributed by atoms with Crippen molar-refractivity contribution in [2.75, 3.05) is 26.2 Å². The number of halogens is 1. The molecule has 0 spiro atoms. The van der Waals surface area contributed by atoms with Gasteiger partial charge in [-0.15, -0.1) is 0 Å². The van der Waals surface area contributed by atoms with E-state index < -0.39 is 0 Å². The molecule has 1 aromatic carbocycles. The Hall–Kier alpha value is -1.06. The smallest absolute Gasteiger partial charge is 0.150 e. The lowest BCUT2D eigenvalue weighted by Gasteiger charge is -2.18. The minimum atomic E-state index is 0.481. The van der Waals surface area contributed by atoms with E-state index in [1.165, 1.54) is 0 Å². The Morgan fingerprint density at radius 1 is 1.35 bits per heavy atom. The number of aldehydes is 1. The highest BCUT2D eigenvalue weighted by Crippen LogP contribution is 2.24. The Morgan fingerprint density at radius 2 is 2.06 bits per heavy atom. The number of ether oxygens (including phenoxy) is 1. The molecule has 0 saturated heterocycles. The van der Waals surface area contributed by atoms with Crippen molar-refractivity contribution in [3.8, 4) is 5.75 Å². The van der Waals surface area contributed by atoms with Crippen molar-refractivity contribution in [1.82, 2.24) is 4.90 Å². The molecule has 0 heterocycles. The minimum Gasteiger partial charge on any atom is -0.491 e. The van der Waals surface area contributed by atoms with Crippen LogP contribution >= 0.6 is 11.6 Å². The predicted molar refractivity (Wildman–Crippen MR) is 70.1 cm³/mol. The van der Waals surface area contributed by atoms with Crippen molar-refractivity contribution < 1.29 is 9.53 Å². The van der Waals surface area contributed by atoms with Gasteiger partial charge in [0, 0.05) is 12.1 Å². The maximum atomic E-state index is 10.5. The largest absolute Gasteiger partial charge is 0.491 e. The second kappa shape index (κ2) is 7.30. The number of hydrogen-bond acceptors (Lipinski definition) is 3. The van der Waals surface area contributed by atoms with E-state index in [0.29, 0.717) is 22.9 Å². The fourth-order valence-corrected chi connectivity index (χ4v) is 1.78. The topological polar surface area (TPSA) is 29.5 Å². The van der Waals surface area contributed by atoms with Gasteiger partial charge in [-0.1, -0.05) is 25.4 Å². The molecule has 0 fully saturated rings. The molecule has 0 aliphatic rings. The maximum absolute atomic E-state index is 10.5. The number of carbonyl (C=O) groups is 1. The van der Waals surface area contributed by atoms with Gasteiger partial charge in [0.05, 0.1) is 5.02 Å². The van der Waals surface area contributed by atoms with Crippen molar-refractivity contribution >= 4 is 17.9 Å². The zero-order chi connectivity index (χ0) is 12.7. The van der Waals surface area contributed by atoms with E-state index in [1.807, 2.05) is 0 Å². The van der Waals surface area contributed by atoms with Gasteiger partial charge in [0.2, 0.25) is 0 Å². The van der Waals surface area contributed by atoms with Gasteiger partial charge < -0.3 is 9.64 Å². The highest BCUT2D eigenvalue weighted by atomic mass is 35.5. The van der Waals surface area contributed by atoms with Crippen LogP contribution < -0.4 is 4.74 Å². The van der Waals surface area contributed by atoms with Gasteiger partial charge in [-0.2, -0.15) is 0 Å². The number of nitrogens with zero attached hydrogens (tertiary/aromatic N) is 1. The van der Waals surface area contributed by atoms with E-state index in [1.54, 1.807) is 18.2 Å². The molecule has 1 aromatic rings. The SMILES string of the molecule is CCN(CC)CCOc1ccc(C=O)cc1Cl. The summed E-state index contributed by atoms with van der Waals surface area (Å²) in [4.78, 5) is 12.8. The summed E-state index contributed by atoms with van der Waals surface area (Å²) >= 11 is 5.99. The molecule has 94 valence electrons. The molecule has 17 heavy (non-hydrogen) atoms. The summed E-state index contributed by atoms with van der Waals surface area (Å²) in [5.74, 6) is 0.629. The van der Waals surface area contributed by atoms with Gasteiger partial charge in [0.25, 0.3) is 0 Å². The molecule has 0 radical (unpaired) electrons. The third-order valence-corrected chi connectivity index (χ3v) is 2.95. The van der Waals surface area contributed by atoms with Crippen LogP contribution in [0.25, 0.3) is 0 Å². The monoisotopic (exact) mass is 255 g/mol.